The van der Waals surface area contributed by atoms with E-state index >= 15 is 0 Å². The summed E-state index contributed by atoms with van der Waals surface area (Å²) in [6.45, 7) is 5.68. The molecule has 1 fully saturated rings. The number of aliphatic carboxylic acids is 1. The fourth-order valence-electron chi connectivity index (χ4n) is 4.53. The minimum absolute atomic E-state index is 0.00986. The van der Waals surface area contributed by atoms with Crippen molar-refractivity contribution in [3.05, 3.63) is 59.5 Å². The summed E-state index contributed by atoms with van der Waals surface area (Å²) in [5.74, 6) is -1.10. The van der Waals surface area contributed by atoms with Gasteiger partial charge in [-0.3, -0.25) is 4.79 Å². The maximum Gasteiger partial charge on any atom is 0.326 e. The molecule has 1 aliphatic heterocycles. The lowest BCUT2D eigenvalue weighted by atomic mass is 10.1. The molecule has 196 valence electrons. The fraction of sp³-hybridized carbons (Fsp3) is 0.296. The minimum atomic E-state index is -1.01. The summed E-state index contributed by atoms with van der Waals surface area (Å²) in [6.07, 6.45) is 1.66. The number of oxazole rings is 1. The van der Waals surface area contributed by atoms with Gasteiger partial charge in [-0.25, -0.2) is 19.2 Å². The van der Waals surface area contributed by atoms with Gasteiger partial charge in [0, 0.05) is 12.1 Å². The number of hydrogen-bond donors (Lipinski definition) is 1. The number of benzene rings is 2. The molecular formula is C27H25FN4O6. The van der Waals surface area contributed by atoms with E-state index < -0.39 is 23.9 Å². The molecule has 3 heterocycles. The molecule has 11 heteroatoms. The zero-order valence-electron chi connectivity index (χ0n) is 21.0. The maximum atomic E-state index is 13.9. The van der Waals surface area contributed by atoms with Gasteiger partial charge in [0.15, 0.2) is 17.7 Å². The molecule has 5 rings (SSSR count). The molecule has 2 aromatic heterocycles. The van der Waals surface area contributed by atoms with Crippen molar-refractivity contribution >= 4 is 23.1 Å². The van der Waals surface area contributed by atoms with E-state index in [0.717, 1.165) is 11.1 Å². The summed E-state index contributed by atoms with van der Waals surface area (Å²) in [6, 6.07) is 8.64. The second-order valence-electron chi connectivity index (χ2n) is 9.12. The number of ether oxygens (including phenoxy) is 2. The first kappa shape index (κ1) is 25.1. The Kier molecular flexibility index (Phi) is 6.66. The highest BCUT2D eigenvalue weighted by atomic mass is 19.1. The lowest BCUT2D eigenvalue weighted by Gasteiger charge is -2.26. The van der Waals surface area contributed by atoms with Crippen LogP contribution in [0.1, 0.15) is 30.9 Å². The van der Waals surface area contributed by atoms with Gasteiger partial charge < -0.3 is 23.9 Å². The monoisotopic (exact) mass is 520 g/mol. The summed E-state index contributed by atoms with van der Waals surface area (Å²) < 4.78 is 31.2. The van der Waals surface area contributed by atoms with E-state index in [1.54, 1.807) is 19.1 Å². The van der Waals surface area contributed by atoms with Crippen LogP contribution >= 0.6 is 0 Å². The quantitative estimate of drug-likeness (QED) is 0.369. The van der Waals surface area contributed by atoms with Crippen molar-refractivity contribution in [3.8, 4) is 29.0 Å². The first-order valence-electron chi connectivity index (χ1n) is 12.1. The smallest absolute Gasteiger partial charge is 0.326 e. The largest absolute Gasteiger partial charge is 0.480 e. The first-order chi connectivity index (χ1) is 18.2. The third kappa shape index (κ3) is 4.86. The highest BCUT2D eigenvalue weighted by molar-refractivity contribution is 5.87. The highest BCUT2D eigenvalue weighted by Gasteiger charge is 2.36. The van der Waals surface area contributed by atoms with Gasteiger partial charge in [0.25, 0.3) is 11.6 Å². The van der Waals surface area contributed by atoms with Crippen LogP contribution in [0.25, 0.3) is 22.7 Å². The van der Waals surface area contributed by atoms with Crippen LogP contribution in [0.2, 0.25) is 0 Å². The second kappa shape index (κ2) is 10.1. The third-order valence-corrected chi connectivity index (χ3v) is 6.34. The molecule has 1 saturated heterocycles. The predicted molar refractivity (Wildman–Crippen MR) is 133 cm³/mol. The van der Waals surface area contributed by atoms with E-state index in [9.17, 15) is 19.1 Å². The van der Waals surface area contributed by atoms with Crippen molar-refractivity contribution in [3.63, 3.8) is 0 Å². The summed E-state index contributed by atoms with van der Waals surface area (Å²) in [4.78, 5) is 38.5. The minimum Gasteiger partial charge on any atom is -0.480 e. The Morgan fingerprint density at radius 1 is 1.18 bits per heavy atom. The molecule has 2 unspecified atom stereocenters. The predicted octanol–water partition coefficient (Wildman–Crippen LogP) is 4.68. The number of rotatable bonds is 7. The molecule has 10 nitrogen and oxygen atoms in total. The number of para-hydroxylation sites is 1. The van der Waals surface area contributed by atoms with E-state index in [0.29, 0.717) is 42.1 Å². The fourth-order valence-corrected chi connectivity index (χ4v) is 4.53. The van der Waals surface area contributed by atoms with Crippen molar-refractivity contribution < 1.29 is 33.0 Å². The molecule has 2 aromatic carbocycles. The van der Waals surface area contributed by atoms with Crippen LogP contribution in [0.4, 0.5) is 4.39 Å². The lowest BCUT2D eigenvalue weighted by Crippen LogP contribution is -2.46. The van der Waals surface area contributed by atoms with Crippen LogP contribution in [-0.2, 0) is 9.59 Å². The van der Waals surface area contributed by atoms with Crippen molar-refractivity contribution in [1.29, 1.82) is 0 Å². The maximum absolute atomic E-state index is 13.9. The Morgan fingerprint density at radius 3 is 2.63 bits per heavy atom. The molecule has 0 saturated carbocycles. The number of fused-ring (bicyclic) bond motifs is 1. The van der Waals surface area contributed by atoms with E-state index in [-0.39, 0.29) is 23.4 Å². The average molecular weight is 521 g/mol. The number of carbonyl (C=O) groups excluding carboxylic acids is 1. The zero-order valence-corrected chi connectivity index (χ0v) is 21.0. The SMILES string of the molecule is Cc1cc(-c2nc3cnc(Oc4ccccc4F)nc3o2)cc(C)c1OC(C)C(=O)N1CCCC1C(=O)O. The van der Waals surface area contributed by atoms with Gasteiger partial charge in [-0.1, -0.05) is 12.1 Å². The number of aryl methyl sites for hydroxylation is 2. The van der Waals surface area contributed by atoms with Gasteiger partial charge in [0.05, 0.1) is 6.20 Å². The highest BCUT2D eigenvalue weighted by Crippen LogP contribution is 2.33. The second-order valence-corrected chi connectivity index (χ2v) is 9.12. The van der Waals surface area contributed by atoms with Crippen LogP contribution < -0.4 is 9.47 Å². The third-order valence-electron chi connectivity index (χ3n) is 6.34. The molecule has 2 atom stereocenters. The topological polar surface area (TPSA) is 128 Å². The number of carboxylic acid groups (broad SMARTS) is 1. The number of halogens is 1. The van der Waals surface area contributed by atoms with Crippen LogP contribution in [0.3, 0.4) is 0 Å². The number of hydrogen-bond acceptors (Lipinski definition) is 8. The van der Waals surface area contributed by atoms with Crippen LogP contribution in [-0.4, -0.2) is 55.5 Å². The van der Waals surface area contributed by atoms with E-state index in [2.05, 4.69) is 15.0 Å². The molecule has 0 bridgehead atoms. The summed E-state index contributed by atoms with van der Waals surface area (Å²) in [7, 11) is 0. The van der Waals surface area contributed by atoms with Crippen LogP contribution in [0.15, 0.2) is 47.0 Å². The molecule has 1 amide bonds. The number of amides is 1. The zero-order chi connectivity index (χ0) is 27.0. The Bertz CT molecular complexity index is 1510. The number of carbonyl (C=O) groups is 2. The Balaban J connectivity index is 1.35. The van der Waals surface area contributed by atoms with E-state index in [1.807, 2.05) is 26.0 Å². The Labute approximate surface area is 217 Å². The van der Waals surface area contributed by atoms with Crippen LogP contribution in [0.5, 0.6) is 17.5 Å². The molecule has 1 aliphatic rings. The van der Waals surface area contributed by atoms with Crippen LogP contribution in [0, 0.1) is 19.7 Å². The van der Waals surface area contributed by atoms with Crippen molar-refractivity contribution in [2.75, 3.05) is 6.54 Å². The molecule has 0 aliphatic carbocycles. The normalized spacial score (nSPS) is 16.0. The number of nitrogens with zero attached hydrogens (tertiary/aromatic N) is 4. The Morgan fingerprint density at radius 2 is 1.92 bits per heavy atom. The molecule has 38 heavy (non-hydrogen) atoms. The average Bonchev–Trinajstić information content (AvgIpc) is 3.54. The van der Waals surface area contributed by atoms with Gasteiger partial charge in [-0.05, 0) is 69.0 Å². The van der Waals surface area contributed by atoms with E-state index in [1.165, 1.54) is 23.2 Å². The van der Waals surface area contributed by atoms with Gasteiger partial charge in [-0.2, -0.15) is 4.98 Å². The molecular weight excluding hydrogens is 495 g/mol. The van der Waals surface area contributed by atoms with Gasteiger partial charge in [0.1, 0.15) is 17.3 Å². The van der Waals surface area contributed by atoms with Crippen molar-refractivity contribution in [1.82, 2.24) is 19.9 Å². The molecule has 1 N–H and O–H groups in total. The van der Waals surface area contributed by atoms with Gasteiger partial charge in [0.2, 0.25) is 5.89 Å². The number of aromatic nitrogens is 3. The van der Waals surface area contributed by atoms with Crippen molar-refractivity contribution in [2.24, 2.45) is 0 Å². The molecule has 0 spiro atoms. The molecule has 0 radical (unpaired) electrons. The summed E-state index contributed by atoms with van der Waals surface area (Å²) >= 11 is 0. The van der Waals surface area contributed by atoms with Gasteiger partial charge >= 0.3 is 12.0 Å². The summed E-state index contributed by atoms with van der Waals surface area (Å²) in [5, 5.41) is 9.40. The van der Waals surface area contributed by atoms with Crippen molar-refractivity contribution in [2.45, 2.75) is 45.8 Å². The Hall–Kier alpha value is -4.54. The van der Waals surface area contributed by atoms with Gasteiger partial charge in [-0.15, -0.1) is 0 Å². The standard InChI is InChI=1S/C27H25FN4O6/c1-14-11-17(12-15(2)22(14)36-16(3)25(33)32-10-6-8-20(32)26(34)35)23-30-19-13-29-27(31-24(19)38-23)37-21-9-5-4-7-18(21)28/h4-5,7,9,11-13,16,20H,6,8,10H2,1-3H3,(H,34,35). The summed E-state index contributed by atoms with van der Waals surface area (Å²) in [5.41, 5.74) is 2.72. The van der Waals surface area contributed by atoms with E-state index in [4.69, 9.17) is 13.9 Å². The first-order valence-corrected chi connectivity index (χ1v) is 12.1. The molecule has 4 aromatic rings. The number of carboxylic acids is 1. The number of likely N-dealkylation sites (tertiary alicyclic amines) is 1. The lowest BCUT2D eigenvalue weighted by molar-refractivity contribution is -0.150.